The van der Waals surface area contributed by atoms with Crippen LogP contribution in [-0.4, -0.2) is 41.8 Å². The predicted octanol–water partition coefficient (Wildman–Crippen LogP) is 3.20. The first-order valence-electron chi connectivity index (χ1n) is 12.1. The van der Waals surface area contributed by atoms with E-state index in [1.807, 2.05) is 19.1 Å². The number of amides is 3. The molecule has 2 fully saturated rings. The molecule has 4 rings (SSSR count). The van der Waals surface area contributed by atoms with Crippen molar-refractivity contribution in [3.05, 3.63) is 53.6 Å². The van der Waals surface area contributed by atoms with Gasteiger partial charge < -0.3 is 15.5 Å². The smallest absolute Gasteiger partial charge is 0.319 e. The highest BCUT2D eigenvalue weighted by molar-refractivity contribution is 5.89. The van der Waals surface area contributed by atoms with Gasteiger partial charge in [-0.25, -0.2) is 4.79 Å². The van der Waals surface area contributed by atoms with E-state index in [4.69, 9.17) is 11.0 Å². The largest absolute Gasteiger partial charge is 0.334 e. The molecule has 1 aliphatic heterocycles. The van der Waals surface area contributed by atoms with Crippen molar-refractivity contribution in [1.29, 1.82) is 5.26 Å². The maximum atomic E-state index is 13.2. The van der Waals surface area contributed by atoms with Crippen molar-refractivity contribution < 1.29 is 9.59 Å². The summed E-state index contributed by atoms with van der Waals surface area (Å²) in [6.45, 7) is 2.99. The van der Waals surface area contributed by atoms with Gasteiger partial charge in [-0.2, -0.15) is 5.26 Å². The Morgan fingerprint density at radius 3 is 2.68 bits per heavy atom. The summed E-state index contributed by atoms with van der Waals surface area (Å²) in [5, 5.41) is 17.8. The molecule has 8 heteroatoms. The number of anilines is 1. The zero-order valence-electron chi connectivity index (χ0n) is 19.7. The van der Waals surface area contributed by atoms with Crippen molar-refractivity contribution in [2.75, 3.05) is 18.4 Å². The van der Waals surface area contributed by atoms with Crippen molar-refractivity contribution >= 4 is 17.6 Å². The molecule has 1 saturated carbocycles. The SMILES string of the molecule is C[C@]1(CC2CCCC2)NC(N)N(CC2C=CC(CNC(=O)Nc3ccc(C#N)cc3)=CC2)C1=O. The van der Waals surface area contributed by atoms with E-state index in [2.05, 4.69) is 28.1 Å². The topological polar surface area (TPSA) is 123 Å². The fraction of sp³-hybridized carbons (Fsp3) is 0.500. The molecule has 3 atom stereocenters. The number of benzene rings is 1. The van der Waals surface area contributed by atoms with Crippen molar-refractivity contribution in [2.45, 2.75) is 57.3 Å². The minimum Gasteiger partial charge on any atom is -0.334 e. The van der Waals surface area contributed by atoms with Crippen LogP contribution in [0.15, 0.2) is 48.1 Å². The molecule has 3 amide bonds. The van der Waals surface area contributed by atoms with Gasteiger partial charge in [0.1, 0.15) is 6.29 Å². The number of carbonyl (C=O) groups excluding carboxylic acids is 2. The van der Waals surface area contributed by atoms with E-state index in [1.165, 1.54) is 25.7 Å². The first kappa shape index (κ1) is 24.0. The van der Waals surface area contributed by atoms with Gasteiger partial charge in [0.15, 0.2) is 0 Å². The van der Waals surface area contributed by atoms with E-state index in [1.54, 1.807) is 29.2 Å². The molecule has 34 heavy (non-hydrogen) atoms. The minimum absolute atomic E-state index is 0.108. The molecule has 0 aromatic heterocycles. The van der Waals surface area contributed by atoms with Crippen molar-refractivity contribution in [1.82, 2.24) is 15.5 Å². The standard InChI is InChI=1S/C26H34N6O2/c1-26(14-18-4-2-3-5-18)23(33)32(24(28)31-26)17-21-8-6-20(7-9-21)16-29-25(34)30-22-12-10-19(15-27)11-13-22/h6-8,10-13,18,21,24,31H,2-5,9,14,16-17,28H2,1H3,(H2,29,30,34)/t21?,24?,26-/m1/s1. The van der Waals surface area contributed by atoms with Crippen LogP contribution in [0, 0.1) is 23.2 Å². The molecule has 180 valence electrons. The first-order chi connectivity index (χ1) is 16.4. The average Bonchev–Trinajstić information content (AvgIpc) is 3.41. The number of urea groups is 1. The Bertz CT molecular complexity index is 1010. The zero-order valence-corrected chi connectivity index (χ0v) is 19.7. The summed E-state index contributed by atoms with van der Waals surface area (Å²) >= 11 is 0. The fourth-order valence-electron chi connectivity index (χ4n) is 5.26. The van der Waals surface area contributed by atoms with Crippen LogP contribution >= 0.6 is 0 Å². The second-order valence-corrected chi connectivity index (χ2v) is 9.86. The molecule has 1 aromatic rings. The summed E-state index contributed by atoms with van der Waals surface area (Å²) in [5.41, 5.74) is 7.93. The first-order valence-corrected chi connectivity index (χ1v) is 12.1. The number of nitrogens with zero attached hydrogens (tertiary/aromatic N) is 2. The number of nitriles is 1. The van der Waals surface area contributed by atoms with Crippen LogP contribution in [0.2, 0.25) is 0 Å². The Labute approximate surface area is 201 Å². The normalized spacial score (nSPS) is 26.9. The molecular formula is C26H34N6O2. The monoisotopic (exact) mass is 462 g/mol. The number of allylic oxidation sites excluding steroid dienone is 1. The van der Waals surface area contributed by atoms with Crippen LogP contribution in [0.1, 0.15) is 51.0 Å². The molecular weight excluding hydrogens is 428 g/mol. The van der Waals surface area contributed by atoms with E-state index in [0.717, 1.165) is 18.4 Å². The van der Waals surface area contributed by atoms with Gasteiger partial charge in [0, 0.05) is 18.8 Å². The van der Waals surface area contributed by atoms with Gasteiger partial charge in [0.2, 0.25) is 5.91 Å². The second kappa shape index (κ2) is 10.4. The summed E-state index contributed by atoms with van der Waals surface area (Å²) < 4.78 is 0. The molecule has 1 saturated heterocycles. The molecule has 0 bridgehead atoms. The van der Waals surface area contributed by atoms with Gasteiger partial charge in [0.05, 0.1) is 17.2 Å². The summed E-state index contributed by atoms with van der Waals surface area (Å²) in [4.78, 5) is 27.1. The summed E-state index contributed by atoms with van der Waals surface area (Å²) in [5.74, 6) is 0.911. The van der Waals surface area contributed by atoms with Crippen LogP contribution in [0.3, 0.4) is 0 Å². The molecule has 8 nitrogen and oxygen atoms in total. The summed E-state index contributed by atoms with van der Waals surface area (Å²) in [6.07, 6.45) is 12.3. The van der Waals surface area contributed by atoms with Crippen molar-refractivity contribution in [2.24, 2.45) is 17.6 Å². The second-order valence-electron chi connectivity index (χ2n) is 9.86. The third-order valence-electron chi connectivity index (χ3n) is 7.13. The minimum atomic E-state index is -0.569. The van der Waals surface area contributed by atoms with Gasteiger partial charge in [-0.05, 0) is 61.4 Å². The lowest BCUT2D eigenvalue weighted by Gasteiger charge is -2.27. The van der Waals surface area contributed by atoms with E-state index in [-0.39, 0.29) is 17.9 Å². The van der Waals surface area contributed by atoms with Gasteiger partial charge in [-0.3, -0.25) is 15.8 Å². The van der Waals surface area contributed by atoms with Crippen LogP contribution in [-0.2, 0) is 4.79 Å². The van der Waals surface area contributed by atoms with Crippen LogP contribution in [0.5, 0.6) is 0 Å². The number of hydrogen-bond acceptors (Lipinski definition) is 5. The fourth-order valence-corrected chi connectivity index (χ4v) is 5.26. The molecule has 2 unspecified atom stereocenters. The molecule has 2 aliphatic carbocycles. The lowest BCUT2D eigenvalue weighted by Crippen LogP contribution is -2.48. The Kier molecular flexibility index (Phi) is 7.35. The van der Waals surface area contributed by atoms with Crippen LogP contribution in [0.4, 0.5) is 10.5 Å². The molecule has 0 radical (unpaired) electrons. The highest BCUT2D eigenvalue weighted by Crippen LogP contribution is 2.35. The lowest BCUT2D eigenvalue weighted by molar-refractivity contribution is -0.133. The number of hydrogen-bond donors (Lipinski definition) is 4. The Morgan fingerprint density at radius 1 is 1.29 bits per heavy atom. The van der Waals surface area contributed by atoms with Gasteiger partial charge >= 0.3 is 6.03 Å². The maximum absolute atomic E-state index is 13.2. The average molecular weight is 463 g/mol. The zero-order chi connectivity index (χ0) is 24.1. The van der Waals surface area contributed by atoms with Crippen molar-refractivity contribution in [3.63, 3.8) is 0 Å². The highest BCUT2D eigenvalue weighted by Gasteiger charge is 2.48. The molecule has 1 aromatic carbocycles. The van der Waals surface area contributed by atoms with Gasteiger partial charge in [-0.15, -0.1) is 0 Å². The third-order valence-corrected chi connectivity index (χ3v) is 7.13. The number of nitrogens with two attached hydrogens (primary N) is 1. The maximum Gasteiger partial charge on any atom is 0.319 e. The van der Waals surface area contributed by atoms with E-state index in [9.17, 15) is 9.59 Å². The molecule has 1 heterocycles. The van der Waals surface area contributed by atoms with Gasteiger partial charge in [-0.1, -0.05) is 43.9 Å². The Morgan fingerprint density at radius 2 is 2.03 bits per heavy atom. The highest BCUT2D eigenvalue weighted by atomic mass is 16.2. The summed E-state index contributed by atoms with van der Waals surface area (Å²) in [7, 11) is 0. The number of nitrogens with one attached hydrogen (secondary N) is 3. The number of carbonyl (C=O) groups is 2. The lowest BCUT2D eigenvalue weighted by atomic mass is 9.87. The molecule has 3 aliphatic rings. The number of rotatable bonds is 7. The Balaban J connectivity index is 1.23. The van der Waals surface area contributed by atoms with E-state index < -0.39 is 11.8 Å². The molecule has 5 N–H and O–H groups in total. The van der Waals surface area contributed by atoms with E-state index in [0.29, 0.717) is 30.3 Å². The van der Waals surface area contributed by atoms with Crippen LogP contribution < -0.4 is 21.7 Å². The Hall–Kier alpha value is -3.15. The predicted molar refractivity (Wildman–Crippen MR) is 131 cm³/mol. The van der Waals surface area contributed by atoms with Gasteiger partial charge in [0.25, 0.3) is 0 Å². The van der Waals surface area contributed by atoms with E-state index >= 15 is 0 Å². The third kappa shape index (κ3) is 5.66. The molecule has 0 spiro atoms. The van der Waals surface area contributed by atoms with Crippen molar-refractivity contribution in [3.8, 4) is 6.07 Å². The quantitative estimate of drug-likeness (QED) is 0.495. The summed E-state index contributed by atoms with van der Waals surface area (Å²) in [6, 6.07) is 8.45. The van der Waals surface area contributed by atoms with Crippen LogP contribution in [0.25, 0.3) is 0 Å².